The number of hydrogen-bond donors (Lipinski definition) is 2. The van der Waals surface area contributed by atoms with Crippen LogP contribution in [0.3, 0.4) is 0 Å². The van der Waals surface area contributed by atoms with Crippen molar-refractivity contribution in [2.45, 2.75) is 148 Å². The minimum atomic E-state index is -0.357. The van der Waals surface area contributed by atoms with Gasteiger partial charge in [-0.25, -0.2) is 9.59 Å². The van der Waals surface area contributed by atoms with E-state index in [0.717, 1.165) is 51.7 Å². The number of hydrogen-bond acceptors (Lipinski definition) is 4. The molecule has 0 radical (unpaired) electrons. The normalized spacial score (nSPS) is 15.5. The largest absolute Gasteiger partial charge is 0.449 e. The molecule has 1 saturated heterocycles. The number of unbranched alkanes of at least 4 members (excludes halogenated alkanes) is 15. The van der Waals surface area contributed by atoms with Crippen molar-refractivity contribution < 1.29 is 14.3 Å². The maximum atomic E-state index is 12.8. The molecule has 0 bridgehead atoms. The van der Waals surface area contributed by atoms with Gasteiger partial charge in [0.1, 0.15) is 0 Å². The van der Waals surface area contributed by atoms with Crippen molar-refractivity contribution in [2.24, 2.45) is 0 Å². The summed E-state index contributed by atoms with van der Waals surface area (Å²) in [7, 11) is 4.04. The van der Waals surface area contributed by atoms with Gasteiger partial charge in [-0.15, -0.1) is 0 Å². The van der Waals surface area contributed by atoms with Gasteiger partial charge >= 0.3 is 12.1 Å². The summed E-state index contributed by atoms with van der Waals surface area (Å²) in [5.74, 6) is 0. The molecule has 1 heterocycles. The molecule has 1 fully saturated rings. The Morgan fingerprint density at radius 2 is 1.28 bits per heavy atom. The standard InChI is InChI=1S/C32H64N4O3/c1-4-5-6-7-8-9-10-11-12-13-14-15-16-17-18-20-25-33-31(37)36-28-21-19-23-30(36)24-29-39-32(38)34-26-22-27-35(2)3/h30H,4-29H2,1-3H3,(H,33,37)(H,34,38). The monoisotopic (exact) mass is 552 g/mol. The second kappa shape index (κ2) is 25.5. The lowest BCUT2D eigenvalue weighted by molar-refractivity contribution is 0.111. The van der Waals surface area contributed by atoms with E-state index < -0.39 is 0 Å². The molecule has 0 saturated carbocycles. The average molecular weight is 553 g/mol. The number of ether oxygens (including phenoxy) is 1. The van der Waals surface area contributed by atoms with Crippen molar-refractivity contribution in [1.82, 2.24) is 20.4 Å². The number of alkyl carbamates (subject to hydrolysis) is 1. The highest BCUT2D eigenvalue weighted by molar-refractivity contribution is 5.74. The minimum absolute atomic E-state index is 0.0498. The van der Waals surface area contributed by atoms with Gasteiger partial charge in [0.2, 0.25) is 0 Å². The van der Waals surface area contributed by atoms with Gasteiger partial charge in [0, 0.05) is 32.1 Å². The molecule has 0 aromatic carbocycles. The predicted octanol–water partition coefficient (Wildman–Crippen LogP) is 7.88. The molecule has 0 spiro atoms. The predicted molar refractivity (Wildman–Crippen MR) is 164 cm³/mol. The lowest BCUT2D eigenvalue weighted by Crippen LogP contribution is -2.49. The lowest BCUT2D eigenvalue weighted by Gasteiger charge is -2.35. The van der Waals surface area contributed by atoms with Crippen molar-refractivity contribution in [2.75, 3.05) is 46.9 Å². The van der Waals surface area contributed by atoms with E-state index >= 15 is 0 Å². The van der Waals surface area contributed by atoms with Crippen LogP contribution in [0.4, 0.5) is 9.59 Å². The highest BCUT2D eigenvalue weighted by Crippen LogP contribution is 2.20. The maximum Gasteiger partial charge on any atom is 0.407 e. The van der Waals surface area contributed by atoms with Crippen LogP contribution in [-0.4, -0.2) is 74.8 Å². The smallest absolute Gasteiger partial charge is 0.407 e. The molecule has 1 unspecified atom stereocenters. The summed E-state index contributed by atoms with van der Waals surface area (Å²) in [4.78, 5) is 28.7. The molecule has 230 valence electrons. The first-order chi connectivity index (χ1) is 19.0. The summed E-state index contributed by atoms with van der Waals surface area (Å²) < 4.78 is 5.36. The second-order valence-electron chi connectivity index (χ2n) is 11.9. The van der Waals surface area contributed by atoms with Gasteiger partial charge in [-0.1, -0.05) is 103 Å². The number of likely N-dealkylation sites (tertiary alicyclic amines) is 1. The fourth-order valence-corrected chi connectivity index (χ4v) is 5.46. The van der Waals surface area contributed by atoms with E-state index in [9.17, 15) is 9.59 Å². The number of nitrogens with zero attached hydrogens (tertiary/aromatic N) is 2. The maximum absolute atomic E-state index is 12.8. The van der Waals surface area contributed by atoms with Gasteiger partial charge < -0.3 is 25.2 Å². The zero-order valence-corrected chi connectivity index (χ0v) is 26.1. The molecule has 2 N–H and O–H groups in total. The molecule has 7 nitrogen and oxygen atoms in total. The Balaban J connectivity index is 1.98. The van der Waals surface area contributed by atoms with E-state index in [-0.39, 0.29) is 18.2 Å². The second-order valence-corrected chi connectivity index (χ2v) is 11.9. The highest BCUT2D eigenvalue weighted by Gasteiger charge is 2.26. The van der Waals surface area contributed by atoms with Crippen LogP contribution < -0.4 is 10.6 Å². The molecular weight excluding hydrogens is 488 g/mol. The molecule has 1 aliphatic heterocycles. The van der Waals surface area contributed by atoms with Gasteiger partial charge in [0.25, 0.3) is 0 Å². The topological polar surface area (TPSA) is 73.9 Å². The van der Waals surface area contributed by atoms with Gasteiger partial charge in [0.15, 0.2) is 0 Å². The summed E-state index contributed by atoms with van der Waals surface area (Å²) >= 11 is 0. The molecule has 0 aliphatic carbocycles. The first-order valence-electron chi connectivity index (χ1n) is 16.6. The van der Waals surface area contributed by atoms with E-state index in [2.05, 4.69) is 22.5 Å². The van der Waals surface area contributed by atoms with Crippen LogP contribution in [0.2, 0.25) is 0 Å². The Kier molecular flexibility index (Phi) is 23.2. The van der Waals surface area contributed by atoms with Crippen LogP contribution >= 0.6 is 0 Å². The number of carbonyl (C=O) groups excluding carboxylic acids is 2. The zero-order chi connectivity index (χ0) is 28.4. The highest BCUT2D eigenvalue weighted by atomic mass is 16.5. The summed E-state index contributed by atoms with van der Waals surface area (Å²) in [5.41, 5.74) is 0. The van der Waals surface area contributed by atoms with Crippen LogP contribution in [0.5, 0.6) is 0 Å². The quantitative estimate of drug-likeness (QED) is 0.119. The van der Waals surface area contributed by atoms with E-state index in [1.54, 1.807) is 0 Å². The molecule has 3 amide bonds. The van der Waals surface area contributed by atoms with Crippen molar-refractivity contribution in [1.29, 1.82) is 0 Å². The summed E-state index contributed by atoms with van der Waals surface area (Å²) in [5, 5.41) is 5.94. The SMILES string of the molecule is CCCCCCCCCCCCCCCCCCNC(=O)N1CCCCC1CCOC(=O)NCCCN(C)C. The van der Waals surface area contributed by atoms with Gasteiger partial charge in [0.05, 0.1) is 6.61 Å². The van der Waals surface area contributed by atoms with E-state index in [4.69, 9.17) is 4.74 Å². The summed E-state index contributed by atoms with van der Waals surface area (Å²) in [6.45, 7) is 5.75. The Morgan fingerprint density at radius 3 is 1.85 bits per heavy atom. The number of piperidine rings is 1. The molecule has 39 heavy (non-hydrogen) atoms. The number of urea groups is 1. The average Bonchev–Trinajstić information content (AvgIpc) is 2.93. The first-order valence-corrected chi connectivity index (χ1v) is 16.6. The first kappa shape index (κ1) is 35.5. The van der Waals surface area contributed by atoms with Gasteiger partial charge in [-0.3, -0.25) is 0 Å². The number of amides is 3. The Bertz CT molecular complexity index is 588. The minimum Gasteiger partial charge on any atom is -0.449 e. The van der Waals surface area contributed by atoms with Crippen LogP contribution in [-0.2, 0) is 4.74 Å². The zero-order valence-electron chi connectivity index (χ0n) is 26.1. The van der Waals surface area contributed by atoms with Crippen molar-refractivity contribution in [3.8, 4) is 0 Å². The lowest BCUT2D eigenvalue weighted by atomic mass is 10.00. The van der Waals surface area contributed by atoms with Crippen molar-refractivity contribution in [3.63, 3.8) is 0 Å². The van der Waals surface area contributed by atoms with E-state index in [1.807, 2.05) is 19.0 Å². The third-order valence-electron chi connectivity index (χ3n) is 7.93. The summed E-state index contributed by atoms with van der Waals surface area (Å²) in [6, 6.07) is 0.208. The summed E-state index contributed by atoms with van der Waals surface area (Å²) in [6.07, 6.45) is 26.1. The number of nitrogens with one attached hydrogen (secondary N) is 2. The fourth-order valence-electron chi connectivity index (χ4n) is 5.46. The molecule has 0 aromatic rings. The van der Waals surface area contributed by atoms with Crippen molar-refractivity contribution in [3.05, 3.63) is 0 Å². The van der Waals surface area contributed by atoms with E-state index in [1.165, 1.54) is 96.3 Å². The van der Waals surface area contributed by atoms with Crippen LogP contribution in [0, 0.1) is 0 Å². The number of rotatable bonds is 24. The van der Waals surface area contributed by atoms with E-state index in [0.29, 0.717) is 19.6 Å². The third kappa shape index (κ3) is 21.0. The molecular formula is C32H64N4O3. The molecule has 1 aliphatic rings. The van der Waals surface area contributed by atoms with Crippen molar-refractivity contribution >= 4 is 12.1 Å². The molecule has 1 rings (SSSR count). The van der Waals surface area contributed by atoms with Crippen LogP contribution in [0.15, 0.2) is 0 Å². The Labute approximate surface area is 241 Å². The van der Waals surface area contributed by atoms with Gasteiger partial charge in [-0.2, -0.15) is 0 Å². The van der Waals surface area contributed by atoms with Crippen LogP contribution in [0.25, 0.3) is 0 Å². The molecule has 1 atom stereocenters. The third-order valence-corrected chi connectivity index (χ3v) is 7.93. The Morgan fingerprint density at radius 1 is 0.744 bits per heavy atom. The molecule has 7 heteroatoms. The molecule has 0 aromatic heterocycles. The van der Waals surface area contributed by atoms with Crippen LogP contribution in [0.1, 0.15) is 142 Å². The van der Waals surface area contributed by atoms with Gasteiger partial charge in [-0.05, 0) is 52.7 Å². The number of carbonyl (C=O) groups is 2. The Hall–Kier alpha value is -1.50. The fraction of sp³-hybridized carbons (Fsp3) is 0.938.